The topological polar surface area (TPSA) is 134 Å². The predicted octanol–water partition coefficient (Wildman–Crippen LogP) is 0.619. The van der Waals surface area contributed by atoms with Gasteiger partial charge in [-0.25, -0.2) is 14.0 Å². The van der Waals surface area contributed by atoms with Gasteiger partial charge in [-0.2, -0.15) is 0 Å². The molecule has 4 heterocycles. The lowest BCUT2D eigenvalue weighted by Gasteiger charge is -2.49. The molecule has 5 rings (SSSR count). The molecule has 2 aliphatic rings. The Bertz CT molecular complexity index is 1360. The maximum absolute atomic E-state index is 12.9. The second kappa shape index (κ2) is 10.7. The molecule has 2 N–H and O–H groups in total. The van der Waals surface area contributed by atoms with Gasteiger partial charge < -0.3 is 10.4 Å². The van der Waals surface area contributed by atoms with E-state index < -0.39 is 23.3 Å². The van der Waals surface area contributed by atoms with E-state index in [1.807, 2.05) is 54.9 Å². The molecule has 2 aliphatic heterocycles. The van der Waals surface area contributed by atoms with E-state index >= 15 is 0 Å². The van der Waals surface area contributed by atoms with Crippen molar-refractivity contribution in [1.29, 1.82) is 0 Å². The van der Waals surface area contributed by atoms with Gasteiger partial charge in [-0.15, -0.1) is 16.9 Å². The number of carboxylic acids is 1. The number of rotatable bonds is 9. The van der Waals surface area contributed by atoms with Crippen molar-refractivity contribution in [1.82, 2.24) is 30.4 Å². The number of pyridine rings is 1. The number of β-lactam (4-membered cyclic amide) rings is 1. The van der Waals surface area contributed by atoms with Gasteiger partial charge in [0.25, 0.3) is 5.91 Å². The molecule has 1 aromatic carbocycles. The summed E-state index contributed by atoms with van der Waals surface area (Å²) in [5, 5.41) is 24.0. The van der Waals surface area contributed by atoms with Gasteiger partial charge in [0.15, 0.2) is 18.9 Å². The molecule has 190 valence electrons. The van der Waals surface area contributed by atoms with E-state index in [0.717, 1.165) is 17.7 Å². The highest BCUT2D eigenvalue weighted by molar-refractivity contribution is 8.01. The van der Waals surface area contributed by atoms with Crippen LogP contribution in [0.2, 0.25) is 0 Å². The van der Waals surface area contributed by atoms with E-state index in [-0.39, 0.29) is 18.0 Å². The minimum Gasteiger partial charge on any atom is -0.477 e. The third kappa shape index (κ3) is 5.37. The number of carbonyl (C=O) groups excluding carboxylic acids is 2. The van der Waals surface area contributed by atoms with E-state index in [0.29, 0.717) is 22.2 Å². The number of hydrogen-bond acceptors (Lipinski definition) is 8. The summed E-state index contributed by atoms with van der Waals surface area (Å²) < 4.78 is 3.56. The lowest BCUT2D eigenvalue weighted by molar-refractivity contribution is -0.688. The van der Waals surface area contributed by atoms with Gasteiger partial charge in [-0.05, 0) is 21.6 Å². The first-order chi connectivity index (χ1) is 17.9. The van der Waals surface area contributed by atoms with Crippen LogP contribution in [0, 0.1) is 0 Å². The van der Waals surface area contributed by atoms with Crippen molar-refractivity contribution in [3.8, 4) is 0 Å². The minimum atomic E-state index is -1.16. The Morgan fingerprint density at radius 2 is 1.92 bits per heavy atom. The molecule has 0 bridgehead atoms. The molecule has 37 heavy (non-hydrogen) atoms. The average molecular weight is 539 g/mol. The SMILES string of the molecule is Cn1nnnc1SCC1=C(C(=O)O)N2C(=O)C(NC(=O)Cc3ccc(C[n+]4ccccc4)cc3)C2SC1. The van der Waals surface area contributed by atoms with Crippen LogP contribution in [-0.4, -0.2) is 70.9 Å². The third-order valence-electron chi connectivity index (χ3n) is 6.05. The number of fused-ring (bicyclic) bond motifs is 1. The van der Waals surface area contributed by atoms with Crippen molar-refractivity contribution in [2.75, 3.05) is 11.5 Å². The summed E-state index contributed by atoms with van der Waals surface area (Å²) in [6.45, 7) is 0.730. The predicted molar refractivity (Wildman–Crippen MR) is 135 cm³/mol. The number of carbonyl (C=O) groups is 3. The lowest BCUT2D eigenvalue weighted by atomic mass is 10.0. The molecular weight excluding hydrogens is 514 g/mol. The van der Waals surface area contributed by atoms with Crippen molar-refractivity contribution >= 4 is 41.3 Å². The number of thioether (sulfide) groups is 2. The summed E-state index contributed by atoms with van der Waals surface area (Å²) in [6, 6.07) is 12.9. The normalized spacial score (nSPS) is 18.8. The van der Waals surface area contributed by atoms with Crippen LogP contribution < -0.4 is 9.88 Å². The molecule has 2 unspecified atom stereocenters. The van der Waals surface area contributed by atoms with Gasteiger partial charge in [0.2, 0.25) is 11.1 Å². The first kappa shape index (κ1) is 25.0. The first-order valence-corrected chi connectivity index (χ1v) is 13.5. The van der Waals surface area contributed by atoms with Crippen molar-refractivity contribution in [2.45, 2.75) is 29.5 Å². The molecular formula is C24H24N7O4S2+. The van der Waals surface area contributed by atoms with Gasteiger partial charge in [-0.3, -0.25) is 14.5 Å². The summed E-state index contributed by atoms with van der Waals surface area (Å²) in [5.41, 5.74) is 2.55. The minimum absolute atomic E-state index is 0.0197. The van der Waals surface area contributed by atoms with Gasteiger partial charge >= 0.3 is 5.97 Å². The number of amides is 2. The Labute approximate surface area is 220 Å². The lowest BCUT2D eigenvalue weighted by Crippen LogP contribution is -2.70. The monoisotopic (exact) mass is 538 g/mol. The van der Waals surface area contributed by atoms with Crippen molar-refractivity contribution in [3.63, 3.8) is 0 Å². The standard InChI is InChI=1S/C24H23N7O4S2/c1-29-24(26-27-28-29)37-14-17-13-36-22-19(21(33)31(22)20(17)23(34)35)25-18(32)11-15-5-7-16(8-6-15)12-30-9-3-2-4-10-30/h2-10,19,22H,11-14H2,1H3,(H-,25,32,34,35)/p+1. The molecule has 0 spiro atoms. The first-order valence-electron chi connectivity index (χ1n) is 11.5. The van der Waals surface area contributed by atoms with E-state index in [4.69, 9.17) is 0 Å². The van der Waals surface area contributed by atoms with Gasteiger partial charge in [0, 0.05) is 36.2 Å². The number of carboxylic acid groups (broad SMARTS) is 1. The van der Waals surface area contributed by atoms with Crippen LogP contribution >= 0.6 is 23.5 Å². The maximum atomic E-state index is 12.9. The van der Waals surface area contributed by atoms with Crippen molar-refractivity contribution in [3.05, 3.63) is 77.3 Å². The average Bonchev–Trinajstić information content (AvgIpc) is 3.31. The molecule has 3 aromatic rings. The fraction of sp³-hybridized carbons (Fsp3) is 0.292. The third-order valence-corrected chi connectivity index (χ3v) is 8.49. The zero-order valence-electron chi connectivity index (χ0n) is 19.9. The summed E-state index contributed by atoms with van der Waals surface area (Å²) >= 11 is 2.75. The van der Waals surface area contributed by atoms with Crippen LogP contribution in [0.4, 0.5) is 0 Å². The van der Waals surface area contributed by atoms with E-state index in [1.165, 1.54) is 33.1 Å². The zero-order chi connectivity index (χ0) is 25.9. The molecule has 1 fully saturated rings. The van der Waals surface area contributed by atoms with E-state index in [2.05, 4.69) is 25.4 Å². The summed E-state index contributed by atoms with van der Waals surface area (Å²) in [5.74, 6) is -1.08. The Morgan fingerprint density at radius 3 is 2.59 bits per heavy atom. The highest BCUT2D eigenvalue weighted by Crippen LogP contribution is 2.41. The molecule has 2 atom stereocenters. The Balaban J connectivity index is 1.19. The Hall–Kier alpha value is -3.71. The number of tetrazole rings is 1. The van der Waals surface area contributed by atoms with Crippen molar-refractivity contribution < 1.29 is 24.1 Å². The summed E-state index contributed by atoms with van der Waals surface area (Å²) in [4.78, 5) is 38.9. The quantitative estimate of drug-likeness (QED) is 0.228. The number of aromatic nitrogens is 5. The van der Waals surface area contributed by atoms with Crippen LogP contribution in [0.25, 0.3) is 0 Å². The molecule has 0 saturated carbocycles. The second-order valence-electron chi connectivity index (χ2n) is 8.63. The Morgan fingerprint density at radius 1 is 1.19 bits per heavy atom. The zero-order valence-corrected chi connectivity index (χ0v) is 21.5. The van der Waals surface area contributed by atoms with Crippen LogP contribution in [-0.2, 0) is 34.4 Å². The van der Waals surface area contributed by atoms with Gasteiger partial charge in [0.1, 0.15) is 17.1 Å². The Kier molecular flexibility index (Phi) is 7.24. The molecule has 0 radical (unpaired) electrons. The summed E-state index contributed by atoms with van der Waals surface area (Å²) in [7, 11) is 1.70. The number of aliphatic carboxylic acids is 1. The van der Waals surface area contributed by atoms with Gasteiger partial charge in [-0.1, -0.05) is 42.1 Å². The number of benzene rings is 1. The molecule has 2 amide bonds. The number of nitrogens with zero attached hydrogens (tertiary/aromatic N) is 6. The fourth-order valence-corrected chi connectivity index (χ4v) is 6.55. The molecule has 11 nitrogen and oxygen atoms in total. The van der Waals surface area contributed by atoms with Gasteiger partial charge in [0.05, 0.1) is 6.42 Å². The number of aryl methyl sites for hydroxylation is 1. The van der Waals surface area contributed by atoms with E-state index in [9.17, 15) is 19.5 Å². The highest BCUT2D eigenvalue weighted by atomic mass is 32.2. The van der Waals surface area contributed by atoms with Crippen LogP contribution in [0.3, 0.4) is 0 Å². The molecule has 2 aromatic heterocycles. The van der Waals surface area contributed by atoms with E-state index in [1.54, 1.807) is 7.05 Å². The number of hydrogen-bond donors (Lipinski definition) is 2. The van der Waals surface area contributed by atoms with Crippen LogP contribution in [0.1, 0.15) is 11.1 Å². The molecule has 0 aliphatic carbocycles. The highest BCUT2D eigenvalue weighted by Gasteiger charge is 2.54. The summed E-state index contributed by atoms with van der Waals surface area (Å²) in [6.07, 6.45) is 4.12. The second-order valence-corrected chi connectivity index (χ2v) is 10.7. The fourth-order valence-electron chi connectivity index (χ4n) is 4.21. The largest absolute Gasteiger partial charge is 0.477 e. The van der Waals surface area contributed by atoms with Crippen LogP contribution in [0.5, 0.6) is 0 Å². The smallest absolute Gasteiger partial charge is 0.352 e. The van der Waals surface area contributed by atoms with Crippen molar-refractivity contribution in [2.24, 2.45) is 7.05 Å². The number of nitrogens with one attached hydrogen (secondary N) is 1. The molecule has 1 saturated heterocycles. The maximum Gasteiger partial charge on any atom is 0.352 e. The van der Waals surface area contributed by atoms with Crippen LogP contribution in [0.15, 0.2) is 71.3 Å². The molecule has 13 heteroatoms.